The lowest BCUT2D eigenvalue weighted by atomic mass is 10.1. The van der Waals surface area contributed by atoms with Gasteiger partial charge in [-0.2, -0.15) is 0 Å². The molecule has 134 valence electrons. The van der Waals surface area contributed by atoms with Crippen molar-refractivity contribution in [3.63, 3.8) is 0 Å². The second kappa shape index (κ2) is 7.54. The molecule has 3 heterocycles. The van der Waals surface area contributed by atoms with E-state index >= 15 is 0 Å². The van der Waals surface area contributed by atoms with Crippen LogP contribution in [0.25, 0.3) is 11.5 Å². The number of aromatic amines is 1. The van der Waals surface area contributed by atoms with Gasteiger partial charge in [0.25, 0.3) is 0 Å². The number of nitrogens with one attached hydrogen (secondary N) is 4. The number of nitrogens with zero attached hydrogens (tertiary/aromatic N) is 2. The molecule has 2 aromatic heterocycles. The van der Waals surface area contributed by atoms with E-state index in [1.807, 2.05) is 18.2 Å². The second-order valence-electron chi connectivity index (χ2n) is 7.20. The molecule has 2 aromatic rings. The van der Waals surface area contributed by atoms with Crippen molar-refractivity contribution < 1.29 is 0 Å². The van der Waals surface area contributed by atoms with Gasteiger partial charge in [0.1, 0.15) is 11.5 Å². The summed E-state index contributed by atoms with van der Waals surface area (Å²) in [6.07, 6.45) is 5.06. The average Bonchev–Trinajstić information content (AvgIpc) is 3.42. The zero-order valence-electron chi connectivity index (χ0n) is 14.9. The fraction of sp³-hybridized carbons (Fsp3) is 0.579. The molecule has 0 radical (unpaired) electrons. The Kier molecular flexibility index (Phi) is 4.99. The summed E-state index contributed by atoms with van der Waals surface area (Å²) in [5, 5.41) is 10.4. The van der Waals surface area contributed by atoms with Gasteiger partial charge in [-0.05, 0) is 51.3 Å². The van der Waals surface area contributed by atoms with Crippen molar-refractivity contribution in [3.05, 3.63) is 29.6 Å². The van der Waals surface area contributed by atoms with Crippen LogP contribution < -0.4 is 16.0 Å². The number of piperidine rings is 1. The van der Waals surface area contributed by atoms with E-state index in [9.17, 15) is 0 Å². The number of aromatic nitrogens is 3. The van der Waals surface area contributed by atoms with E-state index in [0.717, 1.165) is 43.5 Å². The molecule has 0 aromatic carbocycles. The van der Waals surface area contributed by atoms with Crippen molar-refractivity contribution in [1.82, 2.24) is 25.6 Å². The van der Waals surface area contributed by atoms with Gasteiger partial charge in [-0.25, -0.2) is 9.97 Å². The summed E-state index contributed by atoms with van der Waals surface area (Å²) < 4.78 is 0. The van der Waals surface area contributed by atoms with Gasteiger partial charge in [0, 0.05) is 37.3 Å². The fourth-order valence-corrected chi connectivity index (χ4v) is 3.51. The predicted molar refractivity (Wildman–Crippen MR) is 101 cm³/mol. The van der Waals surface area contributed by atoms with Gasteiger partial charge in [-0.15, -0.1) is 0 Å². The number of hydrogen-bond donors (Lipinski definition) is 4. The summed E-state index contributed by atoms with van der Waals surface area (Å²) in [7, 11) is 0. The molecule has 1 aliphatic heterocycles. The summed E-state index contributed by atoms with van der Waals surface area (Å²) >= 11 is 0. The third kappa shape index (κ3) is 4.19. The van der Waals surface area contributed by atoms with Crippen molar-refractivity contribution in [2.45, 2.75) is 44.6 Å². The van der Waals surface area contributed by atoms with Gasteiger partial charge in [-0.1, -0.05) is 6.07 Å². The number of H-pyrrole nitrogens is 1. The smallest absolute Gasteiger partial charge is 0.156 e. The first kappa shape index (κ1) is 16.5. The Hall–Kier alpha value is -1.92. The zero-order chi connectivity index (χ0) is 17.1. The lowest BCUT2D eigenvalue weighted by Gasteiger charge is -2.23. The van der Waals surface area contributed by atoms with E-state index in [0.29, 0.717) is 12.0 Å². The number of rotatable bonds is 7. The maximum Gasteiger partial charge on any atom is 0.156 e. The lowest BCUT2D eigenvalue weighted by molar-refractivity contribution is 0.395. The molecule has 0 amide bonds. The lowest BCUT2D eigenvalue weighted by Crippen LogP contribution is -2.44. The quantitative estimate of drug-likeness (QED) is 0.582. The molecule has 2 aliphatic rings. The molecule has 1 atom stereocenters. The Labute approximate surface area is 149 Å². The predicted octanol–water partition coefficient (Wildman–Crippen LogP) is 2.41. The van der Waals surface area contributed by atoms with Crippen LogP contribution in [0.1, 0.15) is 43.0 Å². The highest BCUT2D eigenvalue weighted by Crippen LogP contribution is 2.41. The summed E-state index contributed by atoms with van der Waals surface area (Å²) in [4.78, 5) is 12.9. The third-order valence-electron chi connectivity index (χ3n) is 5.04. The van der Waals surface area contributed by atoms with E-state index in [2.05, 4.69) is 27.9 Å². The first-order chi connectivity index (χ1) is 12.3. The van der Waals surface area contributed by atoms with Crippen LogP contribution in [0.2, 0.25) is 0 Å². The van der Waals surface area contributed by atoms with Crippen LogP contribution in [0, 0.1) is 6.92 Å². The van der Waals surface area contributed by atoms with Crippen LogP contribution in [-0.2, 0) is 0 Å². The summed E-state index contributed by atoms with van der Waals surface area (Å²) in [6, 6.07) is 6.68. The second-order valence-corrected chi connectivity index (χ2v) is 7.20. The number of hydrogen-bond acceptors (Lipinski definition) is 5. The molecule has 6 nitrogen and oxygen atoms in total. The zero-order valence-corrected chi connectivity index (χ0v) is 14.9. The summed E-state index contributed by atoms with van der Waals surface area (Å²) in [6.45, 7) is 6.16. The minimum atomic E-state index is 0.599. The molecule has 1 saturated heterocycles. The molecular weight excluding hydrogens is 312 g/mol. The van der Waals surface area contributed by atoms with Gasteiger partial charge in [-0.3, -0.25) is 0 Å². The Bertz CT molecular complexity index is 700. The van der Waals surface area contributed by atoms with E-state index in [1.165, 1.54) is 37.1 Å². The van der Waals surface area contributed by atoms with Crippen LogP contribution in [0.3, 0.4) is 0 Å². The van der Waals surface area contributed by atoms with Gasteiger partial charge in [0.05, 0.1) is 5.69 Å². The Morgan fingerprint density at radius 2 is 2.08 bits per heavy atom. The third-order valence-corrected chi connectivity index (χ3v) is 5.04. The molecule has 4 N–H and O–H groups in total. The van der Waals surface area contributed by atoms with E-state index in [1.54, 1.807) is 0 Å². The molecule has 0 spiro atoms. The van der Waals surface area contributed by atoms with Crippen molar-refractivity contribution in [2.75, 3.05) is 31.5 Å². The van der Waals surface area contributed by atoms with Crippen LogP contribution >= 0.6 is 0 Å². The van der Waals surface area contributed by atoms with Gasteiger partial charge >= 0.3 is 0 Å². The Balaban J connectivity index is 1.32. The molecule has 2 fully saturated rings. The number of pyridine rings is 1. The monoisotopic (exact) mass is 340 g/mol. The van der Waals surface area contributed by atoms with Gasteiger partial charge in [0.15, 0.2) is 5.82 Å². The standard InChI is InChI=1S/C19H28N6/c1-13-18(14-7-8-14)25-19(23-13)16-5-2-6-17(24-16)22-11-10-21-15-4-3-9-20-12-15/h2,5-6,14-15,20-21H,3-4,7-12H2,1H3,(H,22,24)(H,23,25). The Morgan fingerprint density at radius 1 is 1.16 bits per heavy atom. The van der Waals surface area contributed by atoms with Gasteiger partial charge < -0.3 is 20.9 Å². The first-order valence-corrected chi connectivity index (χ1v) is 9.51. The number of aryl methyl sites for hydroxylation is 1. The van der Waals surface area contributed by atoms with Crippen molar-refractivity contribution >= 4 is 5.82 Å². The molecule has 4 rings (SSSR count). The van der Waals surface area contributed by atoms with E-state index in [4.69, 9.17) is 9.97 Å². The van der Waals surface area contributed by atoms with E-state index in [-0.39, 0.29) is 0 Å². The molecule has 25 heavy (non-hydrogen) atoms. The molecule has 1 saturated carbocycles. The molecule has 0 bridgehead atoms. The topological polar surface area (TPSA) is 77.7 Å². The van der Waals surface area contributed by atoms with Gasteiger partial charge in [0.2, 0.25) is 0 Å². The highest BCUT2D eigenvalue weighted by molar-refractivity contribution is 5.54. The minimum Gasteiger partial charge on any atom is -0.369 e. The Morgan fingerprint density at radius 3 is 2.88 bits per heavy atom. The van der Waals surface area contributed by atoms with Crippen molar-refractivity contribution in [1.29, 1.82) is 0 Å². The van der Waals surface area contributed by atoms with E-state index < -0.39 is 0 Å². The van der Waals surface area contributed by atoms with Crippen LogP contribution in [-0.4, -0.2) is 47.2 Å². The molecule has 6 heteroatoms. The van der Waals surface area contributed by atoms with Crippen molar-refractivity contribution in [3.8, 4) is 11.5 Å². The van der Waals surface area contributed by atoms with Crippen molar-refractivity contribution in [2.24, 2.45) is 0 Å². The fourth-order valence-electron chi connectivity index (χ4n) is 3.51. The maximum absolute atomic E-state index is 4.78. The highest BCUT2D eigenvalue weighted by atomic mass is 15.1. The maximum atomic E-state index is 4.78. The minimum absolute atomic E-state index is 0.599. The molecule has 1 aliphatic carbocycles. The first-order valence-electron chi connectivity index (χ1n) is 9.51. The molecule has 1 unspecified atom stereocenters. The SMILES string of the molecule is Cc1[nH]c(-c2cccc(NCCNC3CCCNC3)n2)nc1C1CC1. The van der Waals surface area contributed by atoms with Crippen LogP contribution in [0.4, 0.5) is 5.82 Å². The highest BCUT2D eigenvalue weighted by Gasteiger charge is 2.28. The number of imidazole rings is 1. The summed E-state index contributed by atoms with van der Waals surface area (Å²) in [5.41, 5.74) is 3.31. The van der Waals surface area contributed by atoms with Crippen LogP contribution in [0.5, 0.6) is 0 Å². The number of anilines is 1. The molecular formula is C19H28N6. The van der Waals surface area contributed by atoms with Crippen LogP contribution in [0.15, 0.2) is 18.2 Å². The normalized spacial score (nSPS) is 20.6. The average molecular weight is 340 g/mol. The largest absolute Gasteiger partial charge is 0.369 e. The summed E-state index contributed by atoms with van der Waals surface area (Å²) in [5.74, 6) is 2.45.